The molecule has 0 amide bonds. The van der Waals surface area contributed by atoms with E-state index in [1.807, 2.05) is 0 Å². The van der Waals surface area contributed by atoms with Crippen LogP contribution in [0.2, 0.25) is 0 Å². The second-order valence-corrected chi connectivity index (χ2v) is 5.25. The molecule has 18 heavy (non-hydrogen) atoms. The van der Waals surface area contributed by atoms with Gasteiger partial charge in [0.15, 0.2) is 5.78 Å². The molecule has 0 aromatic carbocycles. The first kappa shape index (κ1) is 17.6. The van der Waals surface area contributed by atoms with Crippen LogP contribution in [0.15, 0.2) is 0 Å². The van der Waals surface area contributed by atoms with Gasteiger partial charge < -0.3 is 11.5 Å². The summed E-state index contributed by atoms with van der Waals surface area (Å²) >= 11 is 0. The van der Waals surface area contributed by atoms with Crippen molar-refractivity contribution in [2.45, 2.75) is 77.7 Å². The number of carbonyl (C=O) groups is 1. The SMILES string of the molecule is CCCCCCC(CC)C(=O)[C@H](N)CCCCN. The molecule has 0 aromatic rings. The number of hydrogen-bond donors (Lipinski definition) is 2. The van der Waals surface area contributed by atoms with Gasteiger partial charge in [0.2, 0.25) is 0 Å². The van der Waals surface area contributed by atoms with Gasteiger partial charge >= 0.3 is 0 Å². The van der Waals surface area contributed by atoms with E-state index in [2.05, 4.69) is 13.8 Å². The minimum Gasteiger partial charge on any atom is -0.330 e. The van der Waals surface area contributed by atoms with Crippen LogP contribution < -0.4 is 11.5 Å². The summed E-state index contributed by atoms with van der Waals surface area (Å²) in [4.78, 5) is 12.2. The Morgan fingerprint density at radius 1 is 1.00 bits per heavy atom. The van der Waals surface area contributed by atoms with E-state index in [0.717, 1.165) is 38.5 Å². The van der Waals surface area contributed by atoms with Gasteiger partial charge in [0.1, 0.15) is 0 Å². The van der Waals surface area contributed by atoms with Crippen LogP contribution in [-0.4, -0.2) is 18.4 Å². The molecule has 0 aliphatic rings. The van der Waals surface area contributed by atoms with E-state index in [0.29, 0.717) is 6.54 Å². The first-order valence-electron chi connectivity index (χ1n) is 7.66. The van der Waals surface area contributed by atoms with Crippen LogP contribution in [0.3, 0.4) is 0 Å². The van der Waals surface area contributed by atoms with Gasteiger partial charge in [0, 0.05) is 5.92 Å². The van der Waals surface area contributed by atoms with E-state index in [1.54, 1.807) is 0 Å². The van der Waals surface area contributed by atoms with Crippen molar-refractivity contribution in [1.82, 2.24) is 0 Å². The van der Waals surface area contributed by atoms with Gasteiger partial charge in [-0.25, -0.2) is 0 Å². The zero-order valence-electron chi connectivity index (χ0n) is 12.3. The van der Waals surface area contributed by atoms with Crippen molar-refractivity contribution in [1.29, 1.82) is 0 Å². The summed E-state index contributed by atoms with van der Waals surface area (Å²) in [5.41, 5.74) is 11.4. The maximum absolute atomic E-state index is 12.2. The zero-order valence-corrected chi connectivity index (χ0v) is 12.3. The smallest absolute Gasteiger partial charge is 0.152 e. The zero-order chi connectivity index (χ0) is 13.8. The molecule has 0 aromatic heterocycles. The molecule has 0 radical (unpaired) electrons. The van der Waals surface area contributed by atoms with Crippen molar-refractivity contribution in [2.24, 2.45) is 17.4 Å². The maximum atomic E-state index is 12.2. The van der Waals surface area contributed by atoms with Crippen molar-refractivity contribution in [2.75, 3.05) is 6.54 Å². The predicted octanol–water partition coefficient (Wildman–Crippen LogP) is 3.01. The van der Waals surface area contributed by atoms with E-state index < -0.39 is 0 Å². The summed E-state index contributed by atoms with van der Waals surface area (Å²) in [7, 11) is 0. The normalized spacial score (nSPS) is 14.4. The molecule has 0 heterocycles. The quantitative estimate of drug-likeness (QED) is 0.527. The van der Waals surface area contributed by atoms with Gasteiger partial charge in [0.25, 0.3) is 0 Å². The largest absolute Gasteiger partial charge is 0.330 e. The molecule has 0 aliphatic heterocycles. The molecule has 0 aliphatic carbocycles. The summed E-state index contributed by atoms with van der Waals surface area (Å²) in [5, 5.41) is 0. The highest BCUT2D eigenvalue weighted by atomic mass is 16.1. The number of ketones is 1. The minimum atomic E-state index is -0.271. The van der Waals surface area contributed by atoms with Crippen molar-refractivity contribution >= 4 is 5.78 Å². The fourth-order valence-corrected chi connectivity index (χ4v) is 2.32. The Hall–Kier alpha value is -0.410. The first-order valence-corrected chi connectivity index (χ1v) is 7.66. The molecule has 3 heteroatoms. The Morgan fingerprint density at radius 3 is 2.22 bits per heavy atom. The molecule has 0 fully saturated rings. The Labute approximate surface area is 113 Å². The number of Topliss-reactive ketones (excluding diaryl/α,β-unsaturated/α-hetero) is 1. The fourth-order valence-electron chi connectivity index (χ4n) is 2.32. The molecule has 108 valence electrons. The lowest BCUT2D eigenvalue weighted by atomic mass is 9.89. The highest BCUT2D eigenvalue weighted by Crippen LogP contribution is 2.18. The van der Waals surface area contributed by atoms with Crippen LogP contribution in [0.4, 0.5) is 0 Å². The van der Waals surface area contributed by atoms with Crippen LogP contribution in [-0.2, 0) is 4.79 Å². The van der Waals surface area contributed by atoms with Gasteiger partial charge in [-0.15, -0.1) is 0 Å². The van der Waals surface area contributed by atoms with E-state index in [4.69, 9.17) is 11.5 Å². The third-order valence-corrected chi connectivity index (χ3v) is 3.64. The second kappa shape index (κ2) is 11.7. The Bertz CT molecular complexity index is 207. The molecule has 0 bridgehead atoms. The summed E-state index contributed by atoms with van der Waals surface area (Å²) < 4.78 is 0. The predicted molar refractivity (Wildman–Crippen MR) is 78.4 cm³/mol. The average Bonchev–Trinajstić information content (AvgIpc) is 2.38. The molecule has 0 saturated heterocycles. The molecular weight excluding hydrogens is 224 g/mol. The molecular formula is C15H32N2O. The Balaban J connectivity index is 3.92. The maximum Gasteiger partial charge on any atom is 0.152 e. The van der Waals surface area contributed by atoms with Crippen LogP contribution in [0.1, 0.15) is 71.6 Å². The lowest BCUT2D eigenvalue weighted by molar-refractivity contribution is -0.124. The number of carbonyl (C=O) groups excluding carboxylic acids is 1. The van der Waals surface area contributed by atoms with Crippen molar-refractivity contribution < 1.29 is 4.79 Å². The summed E-state index contributed by atoms with van der Waals surface area (Å²) in [5.74, 6) is 0.445. The monoisotopic (exact) mass is 256 g/mol. The Morgan fingerprint density at radius 2 is 1.67 bits per heavy atom. The van der Waals surface area contributed by atoms with Crippen LogP contribution >= 0.6 is 0 Å². The van der Waals surface area contributed by atoms with Crippen molar-refractivity contribution in [3.63, 3.8) is 0 Å². The van der Waals surface area contributed by atoms with Gasteiger partial charge in [0.05, 0.1) is 6.04 Å². The van der Waals surface area contributed by atoms with Gasteiger partial charge in [-0.2, -0.15) is 0 Å². The van der Waals surface area contributed by atoms with E-state index in [-0.39, 0.29) is 17.7 Å². The van der Waals surface area contributed by atoms with E-state index in [1.165, 1.54) is 19.3 Å². The number of nitrogens with two attached hydrogens (primary N) is 2. The highest BCUT2D eigenvalue weighted by molar-refractivity contribution is 5.85. The third-order valence-electron chi connectivity index (χ3n) is 3.64. The topological polar surface area (TPSA) is 69.1 Å². The number of hydrogen-bond acceptors (Lipinski definition) is 3. The van der Waals surface area contributed by atoms with Gasteiger partial charge in [-0.05, 0) is 32.2 Å². The Kier molecular flexibility index (Phi) is 11.4. The molecule has 0 rings (SSSR count). The van der Waals surface area contributed by atoms with Crippen LogP contribution in [0.5, 0.6) is 0 Å². The fraction of sp³-hybridized carbons (Fsp3) is 0.933. The minimum absolute atomic E-state index is 0.176. The third kappa shape index (κ3) is 7.83. The molecule has 2 atom stereocenters. The standard InChI is InChI=1S/C15H32N2O/c1-3-5-6-7-10-13(4-2)15(18)14(17)11-8-9-12-16/h13-14H,3-12,16-17H2,1-2H3/t13?,14-/m1/s1. The molecule has 1 unspecified atom stereocenters. The highest BCUT2D eigenvalue weighted by Gasteiger charge is 2.21. The van der Waals surface area contributed by atoms with Crippen molar-refractivity contribution in [3.05, 3.63) is 0 Å². The van der Waals surface area contributed by atoms with Crippen LogP contribution in [0, 0.1) is 5.92 Å². The number of rotatable bonds is 12. The molecule has 0 spiro atoms. The lowest BCUT2D eigenvalue weighted by Gasteiger charge is -2.18. The average molecular weight is 256 g/mol. The van der Waals surface area contributed by atoms with E-state index >= 15 is 0 Å². The number of unbranched alkanes of at least 4 members (excludes halogenated alkanes) is 4. The van der Waals surface area contributed by atoms with Gasteiger partial charge in [-0.3, -0.25) is 4.79 Å². The van der Waals surface area contributed by atoms with E-state index in [9.17, 15) is 4.79 Å². The molecule has 4 N–H and O–H groups in total. The summed E-state index contributed by atoms with van der Waals surface area (Å²) in [6, 6.07) is -0.271. The first-order chi connectivity index (χ1) is 8.67. The van der Waals surface area contributed by atoms with Crippen molar-refractivity contribution in [3.8, 4) is 0 Å². The molecule has 3 nitrogen and oxygen atoms in total. The summed E-state index contributed by atoms with van der Waals surface area (Å²) in [6.45, 7) is 4.99. The second-order valence-electron chi connectivity index (χ2n) is 5.25. The van der Waals surface area contributed by atoms with Crippen LogP contribution in [0.25, 0.3) is 0 Å². The van der Waals surface area contributed by atoms with Gasteiger partial charge in [-0.1, -0.05) is 46.0 Å². The molecule has 0 saturated carbocycles. The summed E-state index contributed by atoms with van der Waals surface area (Å²) in [6.07, 6.45) is 9.58. The lowest BCUT2D eigenvalue weighted by Crippen LogP contribution is -2.35.